The fourth-order valence-corrected chi connectivity index (χ4v) is 2.20. The first kappa shape index (κ1) is 13.7. The molecule has 1 heterocycles. The molecule has 0 radical (unpaired) electrons. The summed E-state index contributed by atoms with van der Waals surface area (Å²) in [6.07, 6.45) is 0. The van der Waals surface area contributed by atoms with Gasteiger partial charge in [-0.05, 0) is 32.6 Å². The van der Waals surface area contributed by atoms with Crippen LogP contribution in [0.25, 0.3) is 0 Å². The number of hydrogen-bond acceptors (Lipinski definition) is 7. The molecule has 7 heteroatoms. The van der Waals surface area contributed by atoms with Gasteiger partial charge in [-0.1, -0.05) is 0 Å². The number of aliphatic hydroxyl groups is 1. The van der Waals surface area contributed by atoms with Crippen LogP contribution in [-0.2, 0) is 0 Å². The number of rotatable bonds is 5. The van der Waals surface area contributed by atoms with Crippen LogP contribution in [0, 0.1) is 11.3 Å². The van der Waals surface area contributed by atoms with Crippen LogP contribution in [0.3, 0.4) is 0 Å². The molecule has 1 aromatic rings. The summed E-state index contributed by atoms with van der Waals surface area (Å²) in [5, 5.41) is 22.6. The molecule has 0 fully saturated rings. The summed E-state index contributed by atoms with van der Waals surface area (Å²) in [6.45, 7) is 2.59. The predicted molar refractivity (Wildman–Crippen MR) is 68.9 cm³/mol. The first-order chi connectivity index (χ1) is 7.85. The van der Waals surface area contributed by atoms with E-state index < -0.39 is 5.60 Å². The molecule has 0 aliphatic carbocycles. The number of nitrogens with zero attached hydrogens (tertiary/aromatic N) is 3. The summed E-state index contributed by atoms with van der Waals surface area (Å²) in [6, 6.07) is 1.99. The zero-order chi connectivity index (χ0) is 13.1. The van der Waals surface area contributed by atoms with Crippen molar-refractivity contribution < 1.29 is 5.11 Å². The molecule has 0 saturated heterocycles. The molecular formula is C10H17N5OS. The summed E-state index contributed by atoms with van der Waals surface area (Å²) in [7, 11) is 3.78. The van der Waals surface area contributed by atoms with Crippen LogP contribution < -0.4 is 11.1 Å². The molecule has 4 N–H and O–H groups in total. The minimum absolute atomic E-state index is 0.229. The lowest BCUT2D eigenvalue weighted by Crippen LogP contribution is -2.43. The first-order valence-electron chi connectivity index (χ1n) is 5.12. The van der Waals surface area contributed by atoms with Crippen molar-refractivity contribution in [1.29, 1.82) is 5.26 Å². The average Bonchev–Trinajstić information content (AvgIpc) is 2.54. The Morgan fingerprint density at radius 2 is 2.29 bits per heavy atom. The molecule has 1 atom stereocenters. The Balaban J connectivity index is 2.64. The van der Waals surface area contributed by atoms with Gasteiger partial charge in [-0.2, -0.15) is 9.64 Å². The van der Waals surface area contributed by atoms with E-state index in [-0.39, 0.29) is 5.82 Å². The molecule has 1 unspecified atom stereocenters. The van der Waals surface area contributed by atoms with Crippen molar-refractivity contribution in [3.63, 3.8) is 0 Å². The smallest absolute Gasteiger partial charge is 0.157 e. The highest BCUT2D eigenvalue weighted by Gasteiger charge is 2.22. The molecule has 0 aliphatic heterocycles. The van der Waals surface area contributed by atoms with Gasteiger partial charge in [0, 0.05) is 13.1 Å². The van der Waals surface area contributed by atoms with Gasteiger partial charge in [0.25, 0.3) is 0 Å². The van der Waals surface area contributed by atoms with Gasteiger partial charge in [0.05, 0.1) is 5.60 Å². The number of anilines is 2. The summed E-state index contributed by atoms with van der Waals surface area (Å²) in [5.41, 5.74) is 5.00. The highest BCUT2D eigenvalue weighted by atomic mass is 32.1. The van der Waals surface area contributed by atoms with E-state index in [1.54, 1.807) is 6.92 Å². The van der Waals surface area contributed by atoms with Gasteiger partial charge >= 0.3 is 0 Å². The van der Waals surface area contributed by atoms with Crippen molar-refractivity contribution in [2.24, 2.45) is 0 Å². The highest BCUT2D eigenvalue weighted by Crippen LogP contribution is 2.26. The second-order valence-electron chi connectivity index (χ2n) is 4.47. The topological polar surface area (TPSA) is 98.2 Å². The molecular weight excluding hydrogens is 238 g/mol. The van der Waals surface area contributed by atoms with Gasteiger partial charge in [0.15, 0.2) is 5.82 Å². The normalized spacial score (nSPS) is 14.4. The Labute approximate surface area is 105 Å². The van der Waals surface area contributed by atoms with E-state index >= 15 is 0 Å². The Morgan fingerprint density at radius 1 is 1.65 bits per heavy atom. The minimum atomic E-state index is -0.880. The summed E-state index contributed by atoms with van der Waals surface area (Å²) >= 11 is 1.13. The quantitative estimate of drug-likeness (QED) is 0.701. The second kappa shape index (κ2) is 5.31. The number of hydrogen-bond donors (Lipinski definition) is 3. The highest BCUT2D eigenvalue weighted by molar-refractivity contribution is 7.10. The Morgan fingerprint density at radius 3 is 2.82 bits per heavy atom. The van der Waals surface area contributed by atoms with Gasteiger partial charge in [-0.15, -0.1) is 0 Å². The lowest BCUT2D eigenvalue weighted by atomic mass is 10.1. The van der Waals surface area contributed by atoms with Gasteiger partial charge < -0.3 is 21.1 Å². The molecule has 0 bridgehead atoms. The SMILES string of the molecule is CN(C)CC(C)(O)CNc1snc(N)c1C#N. The van der Waals surface area contributed by atoms with Crippen LogP contribution in [0.4, 0.5) is 10.8 Å². The van der Waals surface area contributed by atoms with Crippen LogP contribution in [0.1, 0.15) is 12.5 Å². The average molecular weight is 255 g/mol. The molecule has 0 saturated carbocycles. The Hall–Kier alpha value is -1.36. The Bertz CT molecular complexity index is 421. The number of nitrogens with two attached hydrogens (primary N) is 1. The van der Waals surface area contributed by atoms with Crippen molar-refractivity contribution in [3.05, 3.63) is 5.56 Å². The third kappa shape index (κ3) is 3.85. The van der Waals surface area contributed by atoms with E-state index in [9.17, 15) is 5.11 Å². The van der Waals surface area contributed by atoms with Gasteiger partial charge in [-0.25, -0.2) is 0 Å². The predicted octanol–water partition coefficient (Wildman–Crippen LogP) is 0.321. The van der Waals surface area contributed by atoms with Crippen molar-refractivity contribution in [2.45, 2.75) is 12.5 Å². The molecule has 0 aromatic carbocycles. The maximum Gasteiger partial charge on any atom is 0.157 e. The zero-order valence-electron chi connectivity index (χ0n) is 10.2. The largest absolute Gasteiger partial charge is 0.387 e. The number of aromatic nitrogens is 1. The second-order valence-corrected chi connectivity index (χ2v) is 5.25. The number of nitrogens with one attached hydrogen (secondary N) is 1. The molecule has 0 aliphatic rings. The van der Waals surface area contributed by atoms with Gasteiger partial charge in [-0.3, -0.25) is 0 Å². The van der Waals surface area contributed by atoms with Crippen LogP contribution in [0.2, 0.25) is 0 Å². The van der Waals surface area contributed by atoms with Crippen LogP contribution >= 0.6 is 11.5 Å². The number of nitrogen functional groups attached to an aromatic ring is 1. The summed E-state index contributed by atoms with van der Waals surface area (Å²) < 4.78 is 3.89. The van der Waals surface area contributed by atoms with E-state index in [1.165, 1.54) is 0 Å². The van der Waals surface area contributed by atoms with Gasteiger partial charge in [0.1, 0.15) is 16.6 Å². The molecule has 0 spiro atoms. The third-order valence-electron chi connectivity index (χ3n) is 2.12. The van der Waals surface area contributed by atoms with Crippen LogP contribution in [-0.4, -0.2) is 47.2 Å². The van der Waals surface area contributed by atoms with Crippen LogP contribution in [0.5, 0.6) is 0 Å². The standard InChI is InChI=1S/C10H17N5OS/c1-10(16,6-15(2)3)5-13-9-7(4-11)8(12)14-17-9/h13,16H,5-6H2,1-3H3,(H2,12,14). The first-order valence-corrected chi connectivity index (χ1v) is 5.89. The van der Waals surface area contributed by atoms with E-state index in [1.807, 2.05) is 25.1 Å². The van der Waals surface area contributed by atoms with E-state index in [2.05, 4.69) is 9.69 Å². The maximum atomic E-state index is 10.1. The third-order valence-corrected chi connectivity index (χ3v) is 2.94. The van der Waals surface area contributed by atoms with E-state index in [0.717, 1.165) is 11.5 Å². The number of nitriles is 1. The molecule has 94 valence electrons. The lowest BCUT2D eigenvalue weighted by Gasteiger charge is -2.27. The van der Waals surface area contributed by atoms with E-state index in [4.69, 9.17) is 11.0 Å². The van der Waals surface area contributed by atoms with E-state index in [0.29, 0.717) is 23.7 Å². The molecule has 1 rings (SSSR count). The van der Waals surface area contributed by atoms with Gasteiger partial charge in [0.2, 0.25) is 0 Å². The molecule has 6 nitrogen and oxygen atoms in total. The zero-order valence-corrected chi connectivity index (χ0v) is 11.0. The van der Waals surface area contributed by atoms with Crippen LogP contribution in [0.15, 0.2) is 0 Å². The molecule has 0 amide bonds. The minimum Gasteiger partial charge on any atom is -0.387 e. The van der Waals surface area contributed by atoms with Crippen molar-refractivity contribution in [2.75, 3.05) is 38.2 Å². The van der Waals surface area contributed by atoms with Crippen molar-refractivity contribution in [1.82, 2.24) is 9.27 Å². The lowest BCUT2D eigenvalue weighted by molar-refractivity contribution is 0.0460. The molecule has 1 aromatic heterocycles. The van der Waals surface area contributed by atoms with Crippen molar-refractivity contribution in [3.8, 4) is 6.07 Å². The monoisotopic (exact) mass is 255 g/mol. The maximum absolute atomic E-state index is 10.1. The fraction of sp³-hybridized carbons (Fsp3) is 0.600. The summed E-state index contributed by atoms with van der Waals surface area (Å²) in [5.74, 6) is 0.229. The molecule has 17 heavy (non-hydrogen) atoms. The fourth-order valence-electron chi connectivity index (χ4n) is 1.54. The Kier molecular flexibility index (Phi) is 4.28. The summed E-state index contributed by atoms with van der Waals surface area (Å²) in [4.78, 5) is 1.90. The van der Waals surface area contributed by atoms with Crippen molar-refractivity contribution >= 4 is 22.4 Å². The number of likely N-dealkylation sites (N-methyl/N-ethyl adjacent to an activating group) is 1.